The van der Waals surface area contributed by atoms with E-state index in [0.29, 0.717) is 6.61 Å². The smallest absolute Gasteiger partial charge is 0.134 e. The van der Waals surface area contributed by atoms with Gasteiger partial charge in [0.1, 0.15) is 12.4 Å². The molecule has 0 aromatic heterocycles. The van der Waals surface area contributed by atoms with E-state index in [-0.39, 0.29) is 0 Å². The van der Waals surface area contributed by atoms with E-state index in [1.807, 2.05) is 18.2 Å². The summed E-state index contributed by atoms with van der Waals surface area (Å²) in [5, 5.41) is 0. The predicted octanol–water partition coefficient (Wildman–Crippen LogP) is 7.57. The zero-order valence-electron chi connectivity index (χ0n) is 15.6. The average Bonchev–Trinajstić information content (AvgIpc) is 2.63. The molecule has 0 saturated heterocycles. The second-order valence-electron chi connectivity index (χ2n) is 7.05. The maximum absolute atomic E-state index is 6.02. The summed E-state index contributed by atoms with van der Waals surface area (Å²) in [6, 6.07) is 16.8. The van der Waals surface area contributed by atoms with Crippen LogP contribution in [0, 0.1) is 5.92 Å². The van der Waals surface area contributed by atoms with Gasteiger partial charge in [-0.3, -0.25) is 0 Å². The summed E-state index contributed by atoms with van der Waals surface area (Å²) >= 11 is 3.61. The van der Waals surface area contributed by atoms with Gasteiger partial charge in [-0.25, -0.2) is 0 Å². The molecule has 0 spiro atoms. The predicted molar refractivity (Wildman–Crippen MR) is 111 cm³/mol. The fraction of sp³-hybridized carbons (Fsp3) is 0.478. The van der Waals surface area contributed by atoms with E-state index in [2.05, 4.69) is 60.1 Å². The number of rotatable bonds is 11. The van der Waals surface area contributed by atoms with Gasteiger partial charge in [0.25, 0.3) is 0 Å². The molecule has 2 heteroatoms. The van der Waals surface area contributed by atoms with Gasteiger partial charge in [-0.05, 0) is 51.5 Å². The summed E-state index contributed by atoms with van der Waals surface area (Å²) in [5.74, 6) is 1.67. The fourth-order valence-corrected chi connectivity index (χ4v) is 3.48. The van der Waals surface area contributed by atoms with Crippen LogP contribution in [0.15, 0.2) is 53.0 Å². The minimum absolute atomic E-state index is 0.607. The van der Waals surface area contributed by atoms with E-state index in [1.54, 1.807) is 0 Å². The van der Waals surface area contributed by atoms with Crippen molar-refractivity contribution in [1.82, 2.24) is 0 Å². The Bertz CT molecular complexity index is 609. The molecule has 0 aliphatic rings. The van der Waals surface area contributed by atoms with Crippen molar-refractivity contribution in [3.05, 3.63) is 64.1 Å². The maximum atomic E-state index is 6.02. The topological polar surface area (TPSA) is 9.23 Å². The number of halogens is 1. The lowest BCUT2D eigenvalue weighted by Gasteiger charge is -2.14. The normalized spacial score (nSPS) is 12.1. The van der Waals surface area contributed by atoms with Crippen LogP contribution in [0.3, 0.4) is 0 Å². The van der Waals surface area contributed by atoms with Gasteiger partial charge >= 0.3 is 0 Å². The summed E-state index contributed by atoms with van der Waals surface area (Å²) in [5.41, 5.74) is 2.56. The molecule has 2 aromatic carbocycles. The van der Waals surface area contributed by atoms with Crippen molar-refractivity contribution < 1.29 is 4.74 Å². The first-order valence-corrected chi connectivity index (χ1v) is 10.4. The Hall–Kier alpha value is -1.28. The molecule has 25 heavy (non-hydrogen) atoms. The van der Waals surface area contributed by atoms with Crippen LogP contribution in [-0.4, -0.2) is 0 Å². The minimum atomic E-state index is 0.607. The van der Waals surface area contributed by atoms with Crippen LogP contribution in [-0.2, 0) is 13.0 Å². The third-order valence-electron chi connectivity index (χ3n) is 4.62. The van der Waals surface area contributed by atoms with Gasteiger partial charge < -0.3 is 4.74 Å². The Labute approximate surface area is 161 Å². The van der Waals surface area contributed by atoms with Gasteiger partial charge in [0.2, 0.25) is 0 Å². The first-order valence-electron chi connectivity index (χ1n) is 9.64. The lowest BCUT2D eigenvalue weighted by atomic mass is 9.95. The van der Waals surface area contributed by atoms with E-state index in [1.165, 1.54) is 49.7 Å². The lowest BCUT2D eigenvalue weighted by molar-refractivity contribution is 0.304. The number of benzene rings is 2. The first-order chi connectivity index (χ1) is 12.2. The highest BCUT2D eigenvalue weighted by atomic mass is 79.9. The number of ether oxygens (including phenoxy) is 1. The molecule has 0 aliphatic heterocycles. The molecule has 1 unspecified atom stereocenters. The molecule has 0 amide bonds. The molecular weight excluding hydrogens is 372 g/mol. The molecule has 136 valence electrons. The van der Waals surface area contributed by atoms with Gasteiger partial charge in [-0.1, -0.05) is 88.8 Å². The minimum Gasteiger partial charge on any atom is -0.488 e. The first kappa shape index (κ1) is 20.0. The third kappa shape index (κ3) is 7.64. The molecule has 0 heterocycles. The van der Waals surface area contributed by atoms with E-state index in [9.17, 15) is 0 Å². The van der Waals surface area contributed by atoms with Crippen molar-refractivity contribution in [2.75, 3.05) is 0 Å². The SMILES string of the molecule is CCCCCCCC(C)Cc1ccc(Br)c(OCc2ccccc2)c1. The Balaban J connectivity index is 1.83. The van der Waals surface area contributed by atoms with Crippen LogP contribution in [0.2, 0.25) is 0 Å². The summed E-state index contributed by atoms with van der Waals surface area (Å²) < 4.78 is 7.05. The Morgan fingerprint density at radius 2 is 1.68 bits per heavy atom. The van der Waals surface area contributed by atoms with Crippen molar-refractivity contribution in [3.8, 4) is 5.75 Å². The van der Waals surface area contributed by atoms with Crippen molar-refractivity contribution in [2.24, 2.45) is 5.92 Å². The van der Waals surface area contributed by atoms with Crippen molar-refractivity contribution in [2.45, 2.75) is 65.4 Å². The molecule has 1 atom stereocenters. The largest absolute Gasteiger partial charge is 0.488 e. The molecule has 0 saturated carbocycles. The van der Waals surface area contributed by atoms with Gasteiger partial charge in [0, 0.05) is 0 Å². The second kappa shape index (κ2) is 11.4. The molecule has 0 aliphatic carbocycles. The third-order valence-corrected chi connectivity index (χ3v) is 5.27. The number of unbranched alkanes of at least 4 members (excludes halogenated alkanes) is 4. The van der Waals surface area contributed by atoms with Crippen LogP contribution < -0.4 is 4.74 Å². The summed E-state index contributed by atoms with van der Waals surface area (Å²) in [6.45, 7) is 5.25. The molecule has 0 fully saturated rings. The van der Waals surface area contributed by atoms with E-state index < -0.39 is 0 Å². The van der Waals surface area contributed by atoms with Crippen LogP contribution in [0.4, 0.5) is 0 Å². The molecule has 2 rings (SSSR count). The quantitative estimate of drug-likeness (QED) is 0.352. The van der Waals surface area contributed by atoms with Crippen LogP contribution in [0.1, 0.15) is 63.5 Å². The van der Waals surface area contributed by atoms with Crippen molar-refractivity contribution in [3.63, 3.8) is 0 Å². The zero-order valence-corrected chi connectivity index (χ0v) is 17.2. The zero-order chi connectivity index (χ0) is 17.9. The molecular formula is C23H31BrO. The molecule has 0 bridgehead atoms. The molecule has 0 radical (unpaired) electrons. The Morgan fingerprint density at radius 1 is 0.920 bits per heavy atom. The van der Waals surface area contributed by atoms with Gasteiger partial charge in [-0.2, -0.15) is 0 Å². The molecule has 2 aromatic rings. The van der Waals surface area contributed by atoms with E-state index in [0.717, 1.165) is 22.6 Å². The molecule has 1 nitrogen and oxygen atoms in total. The highest BCUT2D eigenvalue weighted by molar-refractivity contribution is 9.10. The van der Waals surface area contributed by atoms with Crippen LogP contribution in [0.25, 0.3) is 0 Å². The number of hydrogen-bond acceptors (Lipinski definition) is 1. The maximum Gasteiger partial charge on any atom is 0.134 e. The van der Waals surface area contributed by atoms with Gasteiger partial charge in [0.05, 0.1) is 4.47 Å². The van der Waals surface area contributed by atoms with Crippen LogP contribution in [0.5, 0.6) is 5.75 Å². The van der Waals surface area contributed by atoms with Crippen molar-refractivity contribution in [1.29, 1.82) is 0 Å². The summed E-state index contributed by atoms with van der Waals surface area (Å²) in [4.78, 5) is 0. The van der Waals surface area contributed by atoms with Crippen LogP contribution >= 0.6 is 15.9 Å². The monoisotopic (exact) mass is 402 g/mol. The summed E-state index contributed by atoms with van der Waals surface area (Å²) in [6.07, 6.45) is 9.27. The Kier molecular flexibility index (Phi) is 9.10. The van der Waals surface area contributed by atoms with Gasteiger partial charge in [0.15, 0.2) is 0 Å². The second-order valence-corrected chi connectivity index (χ2v) is 7.91. The summed E-state index contributed by atoms with van der Waals surface area (Å²) in [7, 11) is 0. The fourth-order valence-electron chi connectivity index (χ4n) is 3.12. The highest BCUT2D eigenvalue weighted by Gasteiger charge is 2.08. The van der Waals surface area contributed by atoms with E-state index >= 15 is 0 Å². The lowest BCUT2D eigenvalue weighted by Crippen LogP contribution is -2.01. The average molecular weight is 403 g/mol. The molecule has 0 N–H and O–H groups in total. The van der Waals surface area contributed by atoms with E-state index in [4.69, 9.17) is 4.74 Å². The standard InChI is InChI=1S/C23H31BrO/c1-3-4-5-6-8-11-19(2)16-21-14-15-22(24)23(17-21)25-18-20-12-9-7-10-13-20/h7,9-10,12-15,17,19H,3-6,8,11,16,18H2,1-2H3. The van der Waals surface area contributed by atoms with Crippen molar-refractivity contribution >= 4 is 15.9 Å². The number of hydrogen-bond donors (Lipinski definition) is 0. The highest BCUT2D eigenvalue weighted by Crippen LogP contribution is 2.28. The van der Waals surface area contributed by atoms with Gasteiger partial charge in [-0.15, -0.1) is 0 Å². The Morgan fingerprint density at radius 3 is 2.44 bits per heavy atom.